The highest BCUT2D eigenvalue weighted by Gasteiger charge is 2.18. The third-order valence-electron chi connectivity index (χ3n) is 3.38. The molecule has 96 valence electrons. The smallest absolute Gasteiger partial charge is 0.246 e. The maximum absolute atomic E-state index is 12.1. The van der Waals surface area contributed by atoms with Crippen molar-refractivity contribution in [2.24, 2.45) is 0 Å². The van der Waals surface area contributed by atoms with Crippen LogP contribution in [0.25, 0.3) is 6.08 Å². The molecule has 1 aromatic carbocycles. The number of thiophene rings is 1. The van der Waals surface area contributed by atoms with Crippen molar-refractivity contribution in [1.82, 2.24) is 4.90 Å². The third kappa shape index (κ3) is 2.76. The van der Waals surface area contributed by atoms with E-state index in [1.807, 2.05) is 34.6 Å². The van der Waals surface area contributed by atoms with Crippen molar-refractivity contribution in [3.05, 3.63) is 63.9 Å². The van der Waals surface area contributed by atoms with Gasteiger partial charge in [-0.15, -0.1) is 11.3 Å². The Morgan fingerprint density at radius 2 is 2.00 bits per heavy atom. The minimum absolute atomic E-state index is 0.0999. The topological polar surface area (TPSA) is 20.3 Å². The summed E-state index contributed by atoms with van der Waals surface area (Å²) >= 11 is 1.64. The van der Waals surface area contributed by atoms with Gasteiger partial charge in [-0.3, -0.25) is 4.79 Å². The summed E-state index contributed by atoms with van der Waals surface area (Å²) in [7, 11) is 0. The van der Waals surface area contributed by atoms with Gasteiger partial charge >= 0.3 is 0 Å². The molecule has 1 aliphatic heterocycles. The van der Waals surface area contributed by atoms with Gasteiger partial charge in [0, 0.05) is 24.0 Å². The molecule has 0 N–H and O–H groups in total. The second kappa shape index (κ2) is 5.41. The molecule has 0 fully saturated rings. The fourth-order valence-corrected chi connectivity index (χ4v) is 2.95. The van der Waals surface area contributed by atoms with Crippen molar-refractivity contribution in [1.29, 1.82) is 0 Å². The van der Waals surface area contributed by atoms with Crippen molar-refractivity contribution >= 4 is 23.3 Å². The minimum atomic E-state index is 0.0999. The van der Waals surface area contributed by atoms with Gasteiger partial charge in [0.25, 0.3) is 0 Å². The van der Waals surface area contributed by atoms with Gasteiger partial charge in [-0.2, -0.15) is 0 Å². The van der Waals surface area contributed by atoms with E-state index in [9.17, 15) is 4.79 Å². The first kappa shape index (κ1) is 12.2. The molecule has 0 bridgehead atoms. The molecule has 1 aliphatic rings. The molecule has 3 heteroatoms. The normalized spacial score (nSPS) is 14.6. The van der Waals surface area contributed by atoms with Crippen molar-refractivity contribution in [2.45, 2.75) is 13.0 Å². The molecule has 2 aromatic rings. The van der Waals surface area contributed by atoms with Gasteiger partial charge in [-0.05, 0) is 35.1 Å². The molecule has 19 heavy (non-hydrogen) atoms. The number of hydrogen-bond donors (Lipinski definition) is 0. The Balaban J connectivity index is 1.69. The van der Waals surface area contributed by atoms with Crippen LogP contribution >= 0.6 is 11.3 Å². The maximum Gasteiger partial charge on any atom is 0.246 e. The second-order valence-electron chi connectivity index (χ2n) is 4.63. The number of nitrogens with zero attached hydrogens (tertiary/aromatic N) is 1. The molecular formula is C16H15NOS. The lowest BCUT2D eigenvalue weighted by Crippen LogP contribution is -2.34. The first-order chi connectivity index (χ1) is 9.33. The SMILES string of the molecule is O=C(/C=C/c1cccs1)N1CCc2ccccc2C1. The Hall–Kier alpha value is -1.87. The van der Waals surface area contributed by atoms with E-state index < -0.39 is 0 Å². The summed E-state index contributed by atoms with van der Waals surface area (Å²) in [5.74, 6) is 0.0999. The predicted octanol–water partition coefficient (Wildman–Crippen LogP) is 3.35. The van der Waals surface area contributed by atoms with Crippen LogP contribution in [0.4, 0.5) is 0 Å². The minimum Gasteiger partial charge on any atom is -0.334 e. The number of hydrogen-bond acceptors (Lipinski definition) is 2. The van der Waals surface area contributed by atoms with Gasteiger partial charge in [0.05, 0.1) is 0 Å². The largest absolute Gasteiger partial charge is 0.334 e. The van der Waals surface area contributed by atoms with Crippen molar-refractivity contribution in [2.75, 3.05) is 6.54 Å². The average molecular weight is 269 g/mol. The first-order valence-electron chi connectivity index (χ1n) is 6.40. The Bertz CT molecular complexity index is 601. The first-order valence-corrected chi connectivity index (χ1v) is 7.28. The molecule has 0 radical (unpaired) electrons. The van der Waals surface area contributed by atoms with Crippen LogP contribution in [0, 0.1) is 0 Å². The maximum atomic E-state index is 12.1. The number of fused-ring (bicyclic) bond motifs is 1. The average Bonchev–Trinajstić information content (AvgIpc) is 2.97. The van der Waals surface area contributed by atoms with Gasteiger partial charge in [0.2, 0.25) is 5.91 Å². The summed E-state index contributed by atoms with van der Waals surface area (Å²) in [6, 6.07) is 12.4. The lowest BCUT2D eigenvalue weighted by molar-refractivity contribution is -0.126. The van der Waals surface area contributed by atoms with Gasteiger partial charge < -0.3 is 4.90 Å². The van der Waals surface area contributed by atoms with E-state index in [-0.39, 0.29) is 5.91 Å². The summed E-state index contributed by atoms with van der Waals surface area (Å²) in [6.07, 6.45) is 4.53. The molecule has 0 saturated heterocycles. The van der Waals surface area contributed by atoms with Crippen molar-refractivity contribution in [3.63, 3.8) is 0 Å². The van der Waals surface area contributed by atoms with Crippen molar-refractivity contribution < 1.29 is 4.79 Å². The van der Waals surface area contributed by atoms with Crippen LogP contribution in [0.3, 0.4) is 0 Å². The van der Waals surface area contributed by atoms with Gasteiger partial charge in [-0.25, -0.2) is 0 Å². The number of rotatable bonds is 2. The molecule has 0 spiro atoms. The van der Waals surface area contributed by atoms with Crippen LogP contribution in [-0.2, 0) is 17.8 Å². The van der Waals surface area contributed by atoms with Crippen LogP contribution < -0.4 is 0 Å². The van der Waals surface area contributed by atoms with Gasteiger partial charge in [0.15, 0.2) is 0 Å². The monoisotopic (exact) mass is 269 g/mol. The van der Waals surface area contributed by atoms with Gasteiger partial charge in [-0.1, -0.05) is 30.3 Å². The fourth-order valence-electron chi connectivity index (χ4n) is 2.33. The summed E-state index contributed by atoms with van der Waals surface area (Å²) < 4.78 is 0. The van der Waals surface area contributed by atoms with Crippen LogP contribution in [-0.4, -0.2) is 17.4 Å². The molecule has 3 rings (SSSR count). The van der Waals surface area contributed by atoms with E-state index in [1.54, 1.807) is 17.4 Å². The molecule has 0 atom stereocenters. The standard InChI is InChI=1S/C16H15NOS/c18-16(8-7-15-6-3-11-19-15)17-10-9-13-4-1-2-5-14(13)12-17/h1-8,11H,9-10,12H2/b8-7+. The van der Waals surface area contributed by atoms with E-state index in [2.05, 4.69) is 18.2 Å². The molecule has 2 nitrogen and oxygen atoms in total. The zero-order valence-electron chi connectivity index (χ0n) is 10.6. The highest BCUT2D eigenvalue weighted by atomic mass is 32.1. The Labute approximate surface area is 117 Å². The summed E-state index contributed by atoms with van der Waals surface area (Å²) in [4.78, 5) is 15.2. The third-order valence-corrected chi connectivity index (χ3v) is 4.21. The van der Waals surface area contributed by atoms with Crippen LogP contribution in [0.2, 0.25) is 0 Å². The number of amides is 1. The lowest BCUT2D eigenvalue weighted by atomic mass is 10.00. The van der Waals surface area contributed by atoms with E-state index in [0.29, 0.717) is 0 Å². The molecule has 2 heterocycles. The Morgan fingerprint density at radius 3 is 2.79 bits per heavy atom. The lowest BCUT2D eigenvalue weighted by Gasteiger charge is -2.27. The summed E-state index contributed by atoms with van der Waals surface area (Å²) in [6.45, 7) is 1.54. The molecular weight excluding hydrogens is 254 g/mol. The number of carbonyl (C=O) groups is 1. The highest BCUT2D eigenvalue weighted by Crippen LogP contribution is 2.19. The molecule has 0 saturated carbocycles. The quantitative estimate of drug-likeness (QED) is 0.766. The second-order valence-corrected chi connectivity index (χ2v) is 5.61. The van der Waals surface area contributed by atoms with E-state index in [1.165, 1.54) is 11.1 Å². The van der Waals surface area contributed by atoms with Crippen molar-refractivity contribution in [3.8, 4) is 0 Å². The zero-order chi connectivity index (χ0) is 13.1. The van der Waals surface area contributed by atoms with Crippen LogP contribution in [0.15, 0.2) is 47.9 Å². The molecule has 1 amide bonds. The summed E-state index contributed by atoms with van der Waals surface area (Å²) in [5, 5.41) is 2.02. The Kier molecular flexibility index (Phi) is 3.47. The van der Waals surface area contributed by atoms with E-state index in [4.69, 9.17) is 0 Å². The van der Waals surface area contributed by atoms with Gasteiger partial charge in [0.1, 0.15) is 0 Å². The predicted molar refractivity (Wildman–Crippen MR) is 78.9 cm³/mol. The zero-order valence-corrected chi connectivity index (χ0v) is 11.4. The number of carbonyl (C=O) groups excluding carboxylic acids is 1. The molecule has 0 aliphatic carbocycles. The fraction of sp³-hybridized carbons (Fsp3) is 0.188. The Morgan fingerprint density at radius 1 is 1.16 bits per heavy atom. The molecule has 0 unspecified atom stereocenters. The van der Waals surface area contributed by atoms with E-state index in [0.717, 1.165) is 24.4 Å². The summed E-state index contributed by atoms with van der Waals surface area (Å²) in [5.41, 5.74) is 2.64. The highest BCUT2D eigenvalue weighted by molar-refractivity contribution is 7.10. The van der Waals surface area contributed by atoms with Crippen LogP contribution in [0.1, 0.15) is 16.0 Å². The molecule has 1 aromatic heterocycles. The van der Waals surface area contributed by atoms with E-state index >= 15 is 0 Å². The number of benzene rings is 1. The van der Waals surface area contributed by atoms with Crippen LogP contribution in [0.5, 0.6) is 0 Å².